The Balaban J connectivity index is 1.58. The molecule has 0 aliphatic carbocycles. The number of likely N-dealkylation sites (N-methyl/N-ethyl adjacent to an activating group) is 1. The van der Waals surface area contributed by atoms with Crippen LogP contribution in [0.3, 0.4) is 0 Å². The standard InChI is InChI=1S/C17H27N3O2/c1-3-19-8-10-20(11-9-19)14-17(21)18-7-12-22-16-6-4-5-15(2)13-16/h4-6,13H,3,7-12,14H2,1-2H3,(H,18,21). The van der Waals surface area contributed by atoms with E-state index in [2.05, 4.69) is 22.0 Å². The molecule has 1 aliphatic rings. The van der Waals surface area contributed by atoms with E-state index in [0.717, 1.165) is 38.5 Å². The van der Waals surface area contributed by atoms with Gasteiger partial charge in [0.05, 0.1) is 13.1 Å². The highest BCUT2D eigenvalue weighted by Gasteiger charge is 2.17. The Morgan fingerprint density at radius 3 is 2.64 bits per heavy atom. The summed E-state index contributed by atoms with van der Waals surface area (Å²) in [5.74, 6) is 0.933. The third-order valence-corrected chi connectivity index (χ3v) is 3.96. The van der Waals surface area contributed by atoms with Gasteiger partial charge in [-0.05, 0) is 31.2 Å². The lowest BCUT2D eigenvalue weighted by Gasteiger charge is -2.33. The van der Waals surface area contributed by atoms with Crippen molar-refractivity contribution < 1.29 is 9.53 Å². The lowest BCUT2D eigenvalue weighted by Crippen LogP contribution is -2.49. The van der Waals surface area contributed by atoms with Crippen LogP contribution >= 0.6 is 0 Å². The molecular formula is C17H27N3O2. The summed E-state index contributed by atoms with van der Waals surface area (Å²) in [5, 5.41) is 2.92. The number of hydrogen-bond acceptors (Lipinski definition) is 4. The maximum atomic E-state index is 11.9. The molecule has 0 saturated carbocycles. The first kappa shape index (κ1) is 16.8. The van der Waals surface area contributed by atoms with Crippen molar-refractivity contribution in [3.05, 3.63) is 29.8 Å². The van der Waals surface area contributed by atoms with Crippen LogP contribution in [0.4, 0.5) is 0 Å². The van der Waals surface area contributed by atoms with Crippen molar-refractivity contribution in [2.45, 2.75) is 13.8 Å². The van der Waals surface area contributed by atoms with Gasteiger partial charge in [-0.15, -0.1) is 0 Å². The summed E-state index contributed by atoms with van der Waals surface area (Å²) in [6.07, 6.45) is 0. The minimum Gasteiger partial charge on any atom is -0.492 e. The number of aryl methyl sites for hydroxylation is 1. The number of carbonyl (C=O) groups excluding carboxylic acids is 1. The molecule has 2 rings (SSSR count). The van der Waals surface area contributed by atoms with Gasteiger partial charge < -0.3 is 15.0 Å². The highest BCUT2D eigenvalue weighted by atomic mass is 16.5. The van der Waals surface area contributed by atoms with E-state index in [0.29, 0.717) is 19.7 Å². The molecule has 1 aromatic carbocycles. The number of piperazine rings is 1. The third kappa shape index (κ3) is 5.66. The molecule has 22 heavy (non-hydrogen) atoms. The van der Waals surface area contributed by atoms with Crippen molar-refractivity contribution in [1.29, 1.82) is 0 Å². The Morgan fingerprint density at radius 1 is 1.23 bits per heavy atom. The number of hydrogen-bond donors (Lipinski definition) is 1. The van der Waals surface area contributed by atoms with E-state index < -0.39 is 0 Å². The van der Waals surface area contributed by atoms with E-state index in [1.165, 1.54) is 5.56 Å². The second-order valence-electron chi connectivity index (χ2n) is 5.73. The summed E-state index contributed by atoms with van der Waals surface area (Å²) < 4.78 is 5.62. The smallest absolute Gasteiger partial charge is 0.234 e. The minimum absolute atomic E-state index is 0.0813. The van der Waals surface area contributed by atoms with Crippen LogP contribution in [0.2, 0.25) is 0 Å². The molecule has 1 aromatic rings. The molecule has 1 saturated heterocycles. The van der Waals surface area contributed by atoms with Crippen LogP contribution in [0, 0.1) is 6.92 Å². The van der Waals surface area contributed by atoms with E-state index in [4.69, 9.17) is 4.74 Å². The molecule has 1 fully saturated rings. The Kier molecular flexibility index (Phi) is 6.68. The number of rotatable bonds is 7. The monoisotopic (exact) mass is 305 g/mol. The summed E-state index contributed by atoms with van der Waals surface area (Å²) >= 11 is 0. The molecule has 122 valence electrons. The van der Waals surface area contributed by atoms with Crippen molar-refractivity contribution in [1.82, 2.24) is 15.1 Å². The summed E-state index contributed by atoms with van der Waals surface area (Å²) in [6, 6.07) is 7.93. The van der Waals surface area contributed by atoms with Gasteiger partial charge in [0.1, 0.15) is 12.4 Å². The first-order valence-corrected chi connectivity index (χ1v) is 8.08. The van der Waals surface area contributed by atoms with Crippen LogP contribution in [0.15, 0.2) is 24.3 Å². The Labute approximate surface area is 133 Å². The van der Waals surface area contributed by atoms with Crippen LogP contribution in [-0.4, -0.2) is 68.1 Å². The van der Waals surface area contributed by atoms with Crippen molar-refractivity contribution in [3.63, 3.8) is 0 Å². The van der Waals surface area contributed by atoms with Gasteiger partial charge >= 0.3 is 0 Å². The number of benzene rings is 1. The number of nitrogens with one attached hydrogen (secondary N) is 1. The van der Waals surface area contributed by atoms with Crippen molar-refractivity contribution >= 4 is 5.91 Å². The quantitative estimate of drug-likeness (QED) is 0.767. The molecule has 0 radical (unpaired) electrons. The van der Waals surface area contributed by atoms with Gasteiger partial charge in [-0.25, -0.2) is 0 Å². The summed E-state index contributed by atoms with van der Waals surface area (Å²) in [6.45, 7) is 10.9. The van der Waals surface area contributed by atoms with Crippen LogP contribution in [0.25, 0.3) is 0 Å². The number of nitrogens with zero attached hydrogens (tertiary/aromatic N) is 2. The molecule has 1 aliphatic heterocycles. The average Bonchev–Trinajstić information content (AvgIpc) is 2.52. The van der Waals surface area contributed by atoms with E-state index in [1.54, 1.807) is 0 Å². The highest BCUT2D eigenvalue weighted by Crippen LogP contribution is 2.11. The maximum Gasteiger partial charge on any atom is 0.234 e. The molecule has 5 nitrogen and oxygen atoms in total. The Bertz CT molecular complexity index is 471. The fraction of sp³-hybridized carbons (Fsp3) is 0.588. The van der Waals surface area contributed by atoms with Crippen LogP contribution in [0.1, 0.15) is 12.5 Å². The first-order valence-electron chi connectivity index (χ1n) is 8.08. The largest absolute Gasteiger partial charge is 0.492 e. The molecule has 0 bridgehead atoms. The molecule has 0 unspecified atom stereocenters. The van der Waals surface area contributed by atoms with Crippen LogP contribution in [0.5, 0.6) is 5.75 Å². The molecule has 0 spiro atoms. The predicted molar refractivity (Wildman–Crippen MR) is 88.2 cm³/mol. The lowest BCUT2D eigenvalue weighted by molar-refractivity contribution is -0.122. The van der Waals surface area contributed by atoms with Crippen LogP contribution < -0.4 is 10.1 Å². The van der Waals surface area contributed by atoms with E-state index in [-0.39, 0.29) is 5.91 Å². The number of carbonyl (C=O) groups is 1. The zero-order valence-corrected chi connectivity index (χ0v) is 13.7. The minimum atomic E-state index is 0.0813. The van der Waals surface area contributed by atoms with Gasteiger partial charge in [0.2, 0.25) is 5.91 Å². The van der Waals surface area contributed by atoms with Gasteiger partial charge in [-0.1, -0.05) is 19.1 Å². The van der Waals surface area contributed by atoms with E-state index >= 15 is 0 Å². The molecule has 1 amide bonds. The zero-order chi connectivity index (χ0) is 15.8. The Hall–Kier alpha value is -1.59. The second kappa shape index (κ2) is 8.76. The van der Waals surface area contributed by atoms with Gasteiger partial charge in [-0.2, -0.15) is 0 Å². The van der Waals surface area contributed by atoms with Gasteiger partial charge in [-0.3, -0.25) is 9.69 Å². The first-order chi connectivity index (χ1) is 10.7. The summed E-state index contributed by atoms with van der Waals surface area (Å²) in [4.78, 5) is 16.5. The topological polar surface area (TPSA) is 44.8 Å². The second-order valence-corrected chi connectivity index (χ2v) is 5.73. The number of ether oxygens (including phenoxy) is 1. The SMILES string of the molecule is CCN1CCN(CC(=O)NCCOc2cccc(C)c2)CC1. The van der Waals surface area contributed by atoms with Crippen LogP contribution in [-0.2, 0) is 4.79 Å². The molecular weight excluding hydrogens is 278 g/mol. The summed E-state index contributed by atoms with van der Waals surface area (Å²) in [7, 11) is 0. The fourth-order valence-corrected chi connectivity index (χ4v) is 2.59. The lowest BCUT2D eigenvalue weighted by atomic mass is 10.2. The van der Waals surface area contributed by atoms with Crippen molar-refractivity contribution in [2.24, 2.45) is 0 Å². The fourth-order valence-electron chi connectivity index (χ4n) is 2.59. The molecule has 0 atom stereocenters. The molecule has 1 heterocycles. The van der Waals surface area contributed by atoms with Gasteiger partial charge in [0.15, 0.2) is 0 Å². The average molecular weight is 305 g/mol. The van der Waals surface area contributed by atoms with Crippen molar-refractivity contribution in [2.75, 3.05) is 52.4 Å². The number of amides is 1. The van der Waals surface area contributed by atoms with Gasteiger partial charge in [0.25, 0.3) is 0 Å². The van der Waals surface area contributed by atoms with Crippen molar-refractivity contribution in [3.8, 4) is 5.75 Å². The maximum absolute atomic E-state index is 11.9. The molecule has 5 heteroatoms. The summed E-state index contributed by atoms with van der Waals surface area (Å²) in [5.41, 5.74) is 1.17. The van der Waals surface area contributed by atoms with E-state index in [9.17, 15) is 4.79 Å². The zero-order valence-electron chi connectivity index (χ0n) is 13.7. The third-order valence-electron chi connectivity index (χ3n) is 3.96. The van der Waals surface area contributed by atoms with E-state index in [1.807, 2.05) is 31.2 Å². The van der Waals surface area contributed by atoms with Gasteiger partial charge in [0, 0.05) is 26.2 Å². The highest BCUT2D eigenvalue weighted by molar-refractivity contribution is 5.78. The predicted octanol–water partition coefficient (Wildman–Crippen LogP) is 1.13. The normalized spacial score (nSPS) is 16.5. The Morgan fingerprint density at radius 2 is 1.95 bits per heavy atom. The molecule has 1 N–H and O–H groups in total. The molecule has 0 aromatic heterocycles.